The van der Waals surface area contributed by atoms with E-state index in [9.17, 15) is 4.79 Å². The van der Waals surface area contributed by atoms with E-state index >= 15 is 0 Å². The summed E-state index contributed by atoms with van der Waals surface area (Å²) in [5.41, 5.74) is 2.54. The predicted molar refractivity (Wildman–Crippen MR) is 64.1 cm³/mol. The first-order valence-corrected chi connectivity index (χ1v) is 5.65. The monoisotopic (exact) mass is 221 g/mol. The Balaban J connectivity index is 2.21. The van der Waals surface area contributed by atoms with Crippen LogP contribution in [-0.2, 0) is 16.1 Å². The van der Waals surface area contributed by atoms with E-state index in [2.05, 4.69) is 24.4 Å². The van der Waals surface area contributed by atoms with Crippen molar-refractivity contribution in [1.82, 2.24) is 5.32 Å². The minimum Gasteiger partial charge on any atom is -0.466 e. The molecule has 0 saturated heterocycles. The summed E-state index contributed by atoms with van der Waals surface area (Å²) in [5.74, 6) is -0.139. The van der Waals surface area contributed by atoms with Crippen LogP contribution in [0.4, 0.5) is 0 Å². The smallest absolute Gasteiger partial charge is 0.307 e. The van der Waals surface area contributed by atoms with Crippen molar-refractivity contribution in [3.8, 4) is 0 Å². The Morgan fingerprint density at radius 3 is 2.81 bits per heavy atom. The molecule has 0 heterocycles. The third-order valence-corrected chi connectivity index (χ3v) is 2.39. The zero-order chi connectivity index (χ0) is 11.8. The first-order valence-electron chi connectivity index (χ1n) is 5.65. The standard InChI is InChI=1S/C13H19NO2/c1-3-16-13(15)8-9-14-10-12-7-5-4-6-11(12)2/h4-7,14H,3,8-10H2,1-2H3. The maximum atomic E-state index is 11.1. The molecule has 0 saturated carbocycles. The summed E-state index contributed by atoms with van der Waals surface area (Å²) < 4.78 is 4.84. The molecule has 0 aliphatic carbocycles. The van der Waals surface area contributed by atoms with Crippen molar-refractivity contribution in [3.63, 3.8) is 0 Å². The van der Waals surface area contributed by atoms with Gasteiger partial charge in [-0.15, -0.1) is 0 Å². The highest BCUT2D eigenvalue weighted by Gasteiger charge is 2.01. The second-order valence-electron chi connectivity index (χ2n) is 3.66. The van der Waals surface area contributed by atoms with Gasteiger partial charge in [0.2, 0.25) is 0 Å². The molecule has 1 rings (SSSR count). The van der Waals surface area contributed by atoms with Gasteiger partial charge in [-0.3, -0.25) is 4.79 Å². The summed E-state index contributed by atoms with van der Waals surface area (Å²) in [6.45, 7) is 5.82. The Kier molecular flexibility index (Phi) is 5.57. The fourth-order valence-corrected chi connectivity index (χ4v) is 1.46. The van der Waals surface area contributed by atoms with Gasteiger partial charge in [0.15, 0.2) is 0 Å². The van der Waals surface area contributed by atoms with E-state index in [0.717, 1.165) is 6.54 Å². The second-order valence-corrected chi connectivity index (χ2v) is 3.66. The van der Waals surface area contributed by atoms with Crippen LogP contribution in [0.25, 0.3) is 0 Å². The summed E-state index contributed by atoms with van der Waals surface area (Å²) in [7, 11) is 0. The molecule has 0 spiro atoms. The number of hydrogen-bond donors (Lipinski definition) is 1. The van der Waals surface area contributed by atoms with Gasteiger partial charge in [0.25, 0.3) is 0 Å². The fourth-order valence-electron chi connectivity index (χ4n) is 1.46. The van der Waals surface area contributed by atoms with Gasteiger partial charge in [0.05, 0.1) is 13.0 Å². The lowest BCUT2D eigenvalue weighted by Crippen LogP contribution is -2.19. The molecule has 0 radical (unpaired) electrons. The molecule has 0 aliphatic heterocycles. The van der Waals surface area contributed by atoms with E-state index in [1.54, 1.807) is 0 Å². The Labute approximate surface area is 96.8 Å². The number of aryl methyl sites for hydroxylation is 1. The number of esters is 1. The number of ether oxygens (including phenoxy) is 1. The third-order valence-electron chi connectivity index (χ3n) is 2.39. The molecule has 0 amide bonds. The highest BCUT2D eigenvalue weighted by molar-refractivity contribution is 5.69. The molecule has 88 valence electrons. The van der Waals surface area contributed by atoms with Gasteiger partial charge >= 0.3 is 5.97 Å². The average molecular weight is 221 g/mol. The molecular weight excluding hydrogens is 202 g/mol. The topological polar surface area (TPSA) is 38.3 Å². The maximum Gasteiger partial charge on any atom is 0.307 e. The number of carbonyl (C=O) groups excluding carboxylic acids is 1. The molecule has 16 heavy (non-hydrogen) atoms. The summed E-state index contributed by atoms with van der Waals surface area (Å²) >= 11 is 0. The van der Waals surface area contributed by atoms with Crippen LogP contribution in [0.1, 0.15) is 24.5 Å². The molecule has 0 bridgehead atoms. The highest BCUT2D eigenvalue weighted by Crippen LogP contribution is 2.05. The molecule has 0 aromatic heterocycles. The van der Waals surface area contributed by atoms with E-state index in [1.165, 1.54) is 11.1 Å². The number of carbonyl (C=O) groups is 1. The van der Waals surface area contributed by atoms with E-state index in [-0.39, 0.29) is 5.97 Å². The molecule has 1 aromatic rings. The van der Waals surface area contributed by atoms with Crippen LogP contribution in [0.15, 0.2) is 24.3 Å². The largest absolute Gasteiger partial charge is 0.466 e. The normalized spacial score (nSPS) is 10.1. The van der Waals surface area contributed by atoms with E-state index in [4.69, 9.17) is 4.74 Å². The Morgan fingerprint density at radius 2 is 2.12 bits per heavy atom. The van der Waals surface area contributed by atoms with Crippen molar-refractivity contribution < 1.29 is 9.53 Å². The molecule has 0 fully saturated rings. The van der Waals surface area contributed by atoms with Gasteiger partial charge < -0.3 is 10.1 Å². The van der Waals surface area contributed by atoms with Gasteiger partial charge in [-0.05, 0) is 25.0 Å². The minimum absolute atomic E-state index is 0.139. The SMILES string of the molecule is CCOC(=O)CCNCc1ccccc1C. The lowest BCUT2D eigenvalue weighted by molar-refractivity contribution is -0.142. The summed E-state index contributed by atoms with van der Waals surface area (Å²) in [6, 6.07) is 8.22. The van der Waals surface area contributed by atoms with Crippen molar-refractivity contribution in [3.05, 3.63) is 35.4 Å². The van der Waals surface area contributed by atoms with Crippen LogP contribution in [0.2, 0.25) is 0 Å². The zero-order valence-corrected chi connectivity index (χ0v) is 9.95. The van der Waals surface area contributed by atoms with Crippen LogP contribution in [0, 0.1) is 6.92 Å². The second kappa shape index (κ2) is 7.01. The van der Waals surface area contributed by atoms with Crippen LogP contribution < -0.4 is 5.32 Å². The quantitative estimate of drug-likeness (QED) is 0.590. The molecule has 0 aliphatic rings. The van der Waals surface area contributed by atoms with Gasteiger partial charge in [0.1, 0.15) is 0 Å². The maximum absolute atomic E-state index is 11.1. The first-order chi connectivity index (χ1) is 7.74. The Morgan fingerprint density at radius 1 is 1.38 bits per heavy atom. The summed E-state index contributed by atoms with van der Waals surface area (Å²) in [4.78, 5) is 11.1. The number of benzene rings is 1. The lowest BCUT2D eigenvalue weighted by Gasteiger charge is -2.07. The highest BCUT2D eigenvalue weighted by atomic mass is 16.5. The van der Waals surface area contributed by atoms with E-state index in [0.29, 0.717) is 19.6 Å². The fraction of sp³-hybridized carbons (Fsp3) is 0.462. The van der Waals surface area contributed by atoms with Crippen LogP contribution in [0.5, 0.6) is 0 Å². The van der Waals surface area contributed by atoms with Crippen LogP contribution in [0.3, 0.4) is 0 Å². The average Bonchev–Trinajstić information content (AvgIpc) is 2.27. The first kappa shape index (κ1) is 12.7. The number of nitrogens with one attached hydrogen (secondary N) is 1. The number of hydrogen-bond acceptors (Lipinski definition) is 3. The predicted octanol–water partition coefficient (Wildman–Crippen LogP) is 2.04. The van der Waals surface area contributed by atoms with Crippen molar-refractivity contribution in [2.24, 2.45) is 0 Å². The van der Waals surface area contributed by atoms with Crippen molar-refractivity contribution >= 4 is 5.97 Å². The molecule has 3 heteroatoms. The molecule has 1 aromatic carbocycles. The van der Waals surface area contributed by atoms with Gasteiger partial charge in [-0.1, -0.05) is 24.3 Å². The molecule has 0 atom stereocenters. The lowest BCUT2D eigenvalue weighted by atomic mass is 10.1. The zero-order valence-electron chi connectivity index (χ0n) is 9.95. The van der Waals surface area contributed by atoms with Gasteiger partial charge in [-0.25, -0.2) is 0 Å². The third kappa shape index (κ3) is 4.45. The van der Waals surface area contributed by atoms with Crippen molar-refractivity contribution in [2.75, 3.05) is 13.2 Å². The van der Waals surface area contributed by atoms with Crippen molar-refractivity contribution in [2.45, 2.75) is 26.8 Å². The van der Waals surface area contributed by atoms with Crippen LogP contribution >= 0.6 is 0 Å². The molecule has 1 N–H and O–H groups in total. The molecule has 0 unspecified atom stereocenters. The molecule has 3 nitrogen and oxygen atoms in total. The van der Waals surface area contributed by atoms with Crippen LogP contribution in [-0.4, -0.2) is 19.1 Å². The van der Waals surface area contributed by atoms with Gasteiger partial charge in [-0.2, -0.15) is 0 Å². The number of rotatable bonds is 6. The Bertz CT molecular complexity index is 336. The summed E-state index contributed by atoms with van der Waals surface area (Å²) in [5, 5.41) is 3.23. The van der Waals surface area contributed by atoms with Crippen molar-refractivity contribution in [1.29, 1.82) is 0 Å². The summed E-state index contributed by atoms with van der Waals surface area (Å²) in [6.07, 6.45) is 0.430. The Hall–Kier alpha value is -1.35. The van der Waals surface area contributed by atoms with Gasteiger partial charge in [0, 0.05) is 13.1 Å². The minimum atomic E-state index is -0.139. The van der Waals surface area contributed by atoms with E-state index < -0.39 is 0 Å². The molecular formula is C13H19NO2. The van der Waals surface area contributed by atoms with E-state index in [1.807, 2.05) is 19.1 Å².